The zero-order valence-corrected chi connectivity index (χ0v) is 17.1. The van der Waals surface area contributed by atoms with Crippen LogP contribution in [0, 0.1) is 0 Å². The number of carbonyl (C=O) groups excluding carboxylic acids is 2. The van der Waals surface area contributed by atoms with E-state index in [0.717, 1.165) is 10.8 Å². The first-order valence-electron chi connectivity index (χ1n) is 9.54. The first-order chi connectivity index (χ1) is 15.0. The Morgan fingerprint density at radius 1 is 1.10 bits per heavy atom. The summed E-state index contributed by atoms with van der Waals surface area (Å²) >= 11 is 0. The molecule has 0 bridgehead atoms. The summed E-state index contributed by atoms with van der Waals surface area (Å²) in [4.78, 5) is 24.1. The van der Waals surface area contributed by atoms with Crippen molar-refractivity contribution in [3.63, 3.8) is 0 Å². The molecule has 0 aromatic heterocycles. The number of benzene rings is 3. The van der Waals surface area contributed by atoms with Gasteiger partial charge in [0.2, 0.25) is 0 Å². The molecule has 2 N–H and O–H groups in total. The van der Waals surface area contributed by atoms with Gasteiger partial charge < -0.3 is 19.3 Å². The molecule has 0 aliphatic rings. The fraction of sp³-hybridized carbons (Fsp3) is 0.174. The number of nitrogens with zero attached hydrogens (tertiary/aromatic N) is 1. The fourth-order valence-corrected chi connectivity index (χ4v) is 2.91. The van der Waals surface area contributed by atoms with Crippen LogP contribution in [0.4, 0.5) is 0 Å². The van der Waals surface area contributed by atoms with Crippen molar-refractivity contribution in [1.82, 2.24) is 5.43 Å². The highest BCUT2D eigenvalue weighted by Gasteiger charge is 2.12. The predicted octanol–water partition coefficient (Wildman–Crippen LogP) is 3.26. The normalized spacial score (nSPS) is 10.8. The maximum Gasteiger partial charge on any atom is 0.344 e. The molecular formula is C23H22N2O6. The number of phenols is 1. The van der Waals surface area contributed by atoms with E-state index < -0.39 is 11.9 Å². The number of esters is 1. The topological polar surface area (TPSA) is 106 Å². The van der Waals surface area contributed by atoms with Crippen LogP contribution in [0.15, 0.2) is 59.7 Å². The number of methoxy groups -OCH3 is 1. The second-order valence-corrected chi connectivity index (χ2v) is 6.38. The molecule has 8 nitrogen and oxygen atoms in total. The Labute approximate surface area is 179 Å². The number of rotatable bonds is 8. The van der Waals surface area contributed by atoms with Crippen molar-refractivity contribution in [2.75, 3.05) is 20.3 Å². The molecule has 0 aliphatic heterocycles. The third kappa shape index (κ3) is 5.30. The first kappa shape index (κ1) is 21.6. The van der Waals surface area contributed by atoms with Gasteiger partial charge in [0.1, 0.15) is 5.75 Å². The van der Waals surface area contributed by atoms with E-state index in [4.69, 9.17) is 14.2 Å². The summed E-state index contributed by atoms with van der Waals surface area (Å²) in [6, 6.07) is 15.4. The molecule has 3 rings (SSSR count). The standard InChI is InChI=1S/C23H22N2O6/c1-3-30-22(27)14-31-20-11-9-15-6-4-5-7-17(15)18(20)13-24-25-23(28)16-8-10-19(26)21(12-16)29-2/h4-13,26H,3,14H2,1-2H3,(H,25,28)/b24-13-. The highest BCUT2D eigenvalue weighted by Crippen LogP contribution is 2.27. The van der Waals surface area contributed by atoms with Gasteiger partial charge in [-0.1, -0.05) is 30.3 Å². The molecular weight excluding hydrogens is 400 g/mol. The predicted molar refractivity (Wildman–Crippen MR) is 116 cm³/mol. The highest BCUT2D eigenvalue weighted by atomic mass is 16.6. The Kier molecular flexibility index (Phi) is 7.05. The molecule has 31 heavy (non-hydrogen) atoms. The molecule has 0 heterocycles. The van der Waals surface area contributed by atoms with E-state index in [9.17, 15) is 14.7 Å². The van der Waals surface area contributed by atoms with Crippen molar-refractivity contribution in [3.8, 4) is 17.2 Å². The number of fused-ring (bicyclic) bond motifs is 1. The Morgan fingerprint density at radius 3 is 2.68 bits per heavy atom. The molecule has 3 aromatic rings. The Bertz CT molecular complexity index is 1130. The lowest BCUT2D eigenvalue weighted by molar-refractivity contribution is -0.145. The van der Waals surface area contributed by atoms with Gasteiger partial charge in [0.25, 0.3) is 5.91 Å². The number of ether oxygens (including phenoxy) is 3. The lowest BCUT2D eigenvalue weighted by atomic mass is 10.0. The van der Waals surface area contributed by atoms with Gasteiger partial charge in [-0.3, -0.25) is 4.79 Å². The number of aromatic hydroxyl groups is 1. The van der Waals surface area contributed by atoms with Gasteiger partial charge in [-0.25, -0.2) is 10.2 Å². The molecule has 0 radical (unpaired) electrons. The third-order valence-corrected chi connectivity index (χ3v) is 4.38. The molecule has 0 spiro atoms. The number of hydrogen-bond acceptors (Lipinski definition) is 7. The number of phenolic OH excluding ortho intramolecular Hbond substituents is 1. The van der Waals surface area contributed by atoms with Gasteiger partial charge >= 0.3 is 5.97 Å². The van der Waals surface area contributed by atoms with Crippen LogP contribution in [-0.4, -0.2) is 43.5 Å². The van der Waals surface area contributed by atoms with Crippen molar-refractivity contribution in [3.05, 3.63) is 65.7 Å². The molecule has 160 valence electrons. The molecule has 8 heteroatoms. The van der Waals surface area contributed by atoms with Gasteiger partial charge in [-0.2, -0.15) is 5.10 Å². The summed E-state index contributed by atoms with van der Waals surface area (Å²) < 4.78 is 15.5. The lowest BCUT2D eigenvalue weighted by Crippen LogP contribution is -2.18. The SMILES string of the molecule is CCOC(=O)COc1ccc2ccccc2c1/C=N\NC(=O)c1ccc(O)c(OC)c1. The molecule has 0 unspecified atom stereocenters. The van der Waals surface area contributed by atoms with Crippen molar-refractivity contribution >= 4 is 28.9 Å². The van der Waals surface area contributed by atoms with Crippen LogP contribution in [0.25, 0.3) is 10.8 Å². The number of carbonyl (C=O) groups is 2. The van der Waals surface area contributed by atoms with E-state index in [2.05, 4.69) is 10.5 Å². The first-order valence-corrected chi connectivity index (χ1v) is 9.54. The number of hydrazone groups is 1. The van der Waals surface area contributed by atoms with Crippen LogP contribution >= 0.6 is 0 Å². The van der Waals surface area contributed by atoms with Gasteiger partial charge in [0, 0.05) is 11.1 Å². The van der Waals surface area contributed by atoms with Gasteiger partial charge in [-0.05, 0) is 42.0 Å². The van der Waals surface area contributed by atoms with Crippen molar-refractivity contribution in [2.24, 2.45) is 5.10 Å². The average molecular weight is 422 g/mol. The minimum absolute atomic E-state index is 0.0679. The van der Waals surface area contributed by atoms with Crippen molar-refractivity contribution in [1.29, 1.82) is 0 Å². The summed E-state index contributed by atoms with van der Waals surface area (Å²) in [5, 5.41) is 15.5. The van der Waals surface area contributed by atoms with Crippen LogP contribution < -0.4 is 14.9 Å². The van der Waals surface area contributed by atoms with Crippen LogP contribution in [-0.2, 0) is 9.53 Å². The molecule has 0 saturated heterocycles. The summed E-state index contributed by atoms with van der Waals surface area (Å²) in [5.74, 6) is -0.421. The minimum atomic E-state index is -0.483. The van der Waals surface area contributed by atoms with Crippen molar-refractivity contribution < 1.29 is 28.9 Å². The Balaban J connectivity index is 1.83. The largest absolute Gasteiger partial charge is 0.504 e. The van der Waals surface area contributed by atoms with Gasteiger partial charge in [0.05, 0.1) is 19.9 Å². The van der Waals surface area contributed by atoms with Crippen LogP contribution in [0.1, 0.15) is 22.8 Å². The maximum absolute atomic E-state index is 12.4. The molecule has 3 aromatic carbocycles. The van der Waals surface area contributed by atoms with E-state index in [-0.39, 0.29) is 30.3 Å². The maximum atomic E-state index is 12.4. The lowest BCUT2D eigenvalue weighted by Gasteiger charge is -2.11. The molecule has 1 amide bonds. The van der Waals surface area contributed by atoms with E-state index in [0.29, 0.717) is 11.3 Å². The van der Waals surface area contributed by atoms with E-state index in [1.807, 2.05) is 30.3 Å². The number of nitrogens with one attached hydrogen (secondary N) is 1. The molecule has 0 atom stereocenters. The molecule has 0 fully saturated rings. The van der Waals surface area contributed by atoms with Gasteiger partial charge in [-0.15, -0.1) is 0 Å². The smallest absolute Gasteiger partial charge is 0.344 e. The van der Waals surface area contributed by atoms with Gasteiger partial charge in [0.15, 0.2) is 18.1 Å². The Morgan fingerprint density at radius 2 is 1.90 bits per heavy atom. The second-order valence-electron chi connectivity index (χ2n) is 6.38. The minimum Gasteiger partial charge on any atom is -0.504 e. The summed E-state index contributed by atoms with van der Waals surface area (Å²) in [6.45, 7) is 1.74. The van der Waals surface area contributed by atoms with E-state index in [1.54, 1.807) is 13.0 Å². The summed E-state index contributed by atoms with van der Waals surface area (Å²) in [7, 11) is 1.40. The summed E-state index contributed by atoms with van der Waals surface area (Å²) in [6.07, 6.45) is 1.46. The number of hydrogen-bond donors (Lipinski definition) is 2. The van der Waals surface area contributed by atoms with E-state index in [1.165, 1.54) is 31.5 Å². The molecule has 0 saturated carbocycles. The van der Waals surface area contributed by atoms with Crippen LogP contribution in [0.2, 0.25) is 0 Å². The quantitative estimate of drug-likeness (QED) is 0.328. The highest BCUT2D eigenvalue weighted by molar-refractivity contribution is 6.03. The second kappa shape index (κ2) is 10.1. The van der Waals surface area contributed by atoms with Crippen LogP contribution in [0.3, 0.4) is 0 Å². The Hall–Kier alpha value is -4.07. The molecule has 0 aliphatic carbocycles. The summed E-state index contributed by atoms with van der Waals surface area (Å²) in [5.41, 5.74) is 3.31. The average Bonchev–Trinajstić information content (AvgIpc) is 2.78. The zero-order valence-electron chi connectivity index (χ0n) is 17.1. The van der Waals surface area contributed by atoms with Crippen LogP contribution in [0.5, 0.6) is 17.2 Å². The number of amides is 1. The van der Waals surface area contributed by atoms with E-state index >= 15 is 0 Å². The fourth-order valence-electron chi connectivity index (χ4n) is 2.91. The third-order valence-electron chi connectivity index (χ3n) is 4.38. The zero-order chi connectivity index (χ0) is 22.2. The van der Waals surface area contributed by atoms with Crippen molar-refractivity contribution in [2.45, 2.75) is 6.92 Å². The monoisotopic (exact) mass is 422 g/mol.